The quantitative estimate of drug-likeness (QED) is 0.899. The van der Waals surface area contributed by atoms with Crippen molar-refractivity contribution in [1.82, 2.24) is 4.98 Å². The summed E-state index contributed by atoms with van der Waals surface area (Å²) in [6, 6.07) is 6.68. The first-order chi connectivity index (χ1) is 8.72. The molecule has 1 heterocycles. The number of nitrogens with zero attached hydrogens (tertiary/aromatic N) is 1. The third kappa shape index (κ3) is 2.99. The van der Waals surface area contributed by atoms with Crippen molar-refractivity contribution >= 4 is 28.6 Å². The van der Waals surface area contributed by atoms with Crippen molar-refractivity contribution in [3.05, 3.63) is 46.0 Å². The van der Waals surface area contributed by atoms with E-state index in [1.807, 2.05) is 11.5 Å². The zero-order valence-electron chi connectivity index (χ0n) is 10.8. The van der Waals surface area contributed by atoms with E-state index in [0.29, 0.717) is 5.13 Å². The van der Waals surface area contributed by atoms with Crippen LogP contribution >= 0.6 is 11.3 Å². The van der Waals surface area contributed by atoms with Crippen LogP contribution in [0.1, 0.15) is 36.2 Å². The van der Waals surface area contributed by atoms with Gasteiger partial charge in [-0.25, -0.2) is 4.98 Å². The molecule has 0 aliphatic carbocycles. The smallest absolute Gasteiger partial charge is 0.180 e. The molecule has 1 aromatic carbocycles. The lowest BCUT2D eigenvalue weighted by Crippen LogP contribution is -1.89. The zero-order valence-corrected chi connectivity index (χ0v) is 11.6. The number of aromatic nitrogens is 1. The molecular weight excluding hydrogens is 240 g/mol. The number of thiazole rings is 1. The van der Waals surface area contributed by atoms with Gasteiger partial charge in [-0.15, -0.1) is 11.3 Å². The second-order valence-electron chi connectivity index (χ2n) is 4.18. The lowest BCUT2D eigenvalue weighted by atomic mass is 10.0. The SMILES string of the molecule is CCc1ccc(CC)c(C=Cc2csc(N)n2)c1. The van der Waals surface area contributed by atoms with Crippen molar-refractivity contribution in [2.45, 2.75) is 26.7 Å². The predicted molar refractivity (Wildman–Crippen MR) is 80.7 cm³/mol. The van der Waals surface area contributed by atoms with Gasteiger partial charge in [0.2, 0.25) is 0 Å². The fourth-order valence-electron chi connectivity index (χ4n) is 1.89. The summed E-state index contributed by atoms with van der Waals surface area (Å²) in [6.07, 6.45) is 6.27. The van der Waals surface area contributed by atoms with Gasteiger partial charge >= 0.3 is 0 Å². The lowest BCUT2D eigenvalue weighted by molar-refractivity contribution is 1.09. The number of benzene rings is 1. The van der Waals surface area contributed by atoms with Gasteiger partial charge in [-0.05, 0) is 35.6 Å². The molecule has 0 aliphatic heterocycles. The minimum absolute atomic E-state index is 0.618. The summed E-state index contributed by atoms with van der Waals surface area (Å²) in [4.78, 5) is 4.23. The Morgan fingerprint density at radius 1 is 1.22 bits per heavy atom. The Hall–Kier alpha value is -1.61. The molecule has 0 fully saturated rings. The van der Waals surface area contributed by atoms with E-state index in [2.05, 4.69) is 43.1 Å². The van der Waals surface area contributed by atoms with Crippen LogP contribution in [0.25, 0.3) is 12.2 Å². The van der Waals surface area contributed by atoms with Crippen molar-refractivity contribution in [1.29, 1.82) is 0 Å². The van der Waals surface area contributed by atoms with E-state index in [1.165, 1.54) is 28.0 Å². The summed E-state index contributed by atoms with van der Waals surface area (Å²) in [5.74, 6) is 0. The van der Waals surface area contributed by atoms with Gasteiger partial charge in [0.15, 0.2) is 5.13 Å². The Labute approximate surface area is 112 Å². The zero-order chi connectivity index (χ0) is 13.0. The molecule has 0 saturated carbocycles. The van der Waals surface area contributed by atoms with Crippen molar-refractivity contribution in [3.8, 4) is 0 Å². The van der Waals surface area contributed by atoms with Gasteiger partial charge in [0, 0.05) is 5.38 Å². The second-order valence-corrected chi connectivity index (χ2v) is 5.07. The van der Waals surface area contributed by atoms with Gasteiger partial charge in [0.1, 0.15) is 0 Å². The molecule has 94 valence electrons. The molecule has 0 aliphatic rings. The molecule has 0 bridgehead atoms. The van der Waals surface area contributed by atoms with Crippen LogP contribution in [0.3, 0.4) is 0 Å². The number of nitrogen functional groups attached to an aromatic ring is 1. The lowest BCUT2D eigenvalue weighted by Gasteiger charge is -2.05. The average molecular weight is 258 g/mol. The predicted octanol–water partition coefficient (Wildman–Crippen LogP) is 4.02. The number of rotatable bonds is 4. The van der Waals surface area contributed by atoms with Crippen LogP contribution in [0.2, 0.25) is 0 Å². The van der Waals surface area contributed by atoms with Crippen LogP contribution in [0, 0.1) is 0 Å². The Morgan fingerprint density at radius 2 is 2.06 bits per heavy atom. The largest absolute Gasteiger partial charge is 0.375 e. The molecule has 0 atom stereocenters. The maximum atomic E-state index is 5.62. The highest BCUT2D eigenvalue weighted by atomic mass is 32.1. The van der Waals surface area contributed by atoms with Crippen molar-refractivity contribution in [2.75, 3.05) is 5.73 Å². The summed E-state index contributed by atoms with van der Waals surface area (Å²) in [6.45, 7) is 4.36. The monoisotopic (exact) mass is 258 g/mol. The first kappa shape index (κ1) is 12.8. The first-order valence-electron chi connectivity index (χ1n) is 6.23. The highest BCUT2D eigenvalue weighted by Crippen LogP contribution is 2.18. The van der Waals surface area contributed by atoms with Crippen LogP contribution in [-0.4, -0.2) is 4.98 Å². The molecule has 2 aromatic rings. The van der Waals surface area contributed by atoms with Gasteiger partial charge in [0.25, 0.3) is 0 Å². The Bertz CT molecular complexity index is 555. The summed E-state index contributed by atoms with van der Waals surface area (Å²) in [7, 11) is 0. The minimum Gasteiger partial charge on any atom is -0.375 e. The molecule has 0 spiro atoms. The third-order valence-corrected chi connectivity index (χ3v) is 3.66. The van der Waals surface area contributed by atoms with E-state index in [0.717, 1.165) is 18.5 Å². The number of hydrogen-bond acceptors (Lipinski definition) is 3. The highest BCUT2D eigenvalue weighted by molar-refractivity contribution is 7.13. The van der Waals surface area contributed by atoms with E-state index in [9.17, 15) is 0 Å². The van der Waals surface area contributed by atoms with E-state index in [4.69, 9.17) is 5.73 Å². The maximum absolute atomic E-state index is 5.62. The third-order valence-electron chi connectivity index (χ3n) is 2.97. The first-order valence-corrected chi connectivity index (χ1v) is 7.11. The van der Waals surface area contributed by atoms with Crippen LogP contribution in [0.15, 0.2) is 23.6 Å². The summed E-state index contributed by atoms with van der Waals surface area (Å²) in [5.41, 5.74) is 10.6. The standard InChI is InChI=1S/C15H18N2S/c1-3-11-5-6-12(4-2)13(9-11)7-8-14-10-18-15(16)17-14/h5-10H,3-4H2,1-2H3,(H2,16,17). The Kier molecular flexibility index (Phi) is 4.15. The van der Waals surface area contributed by atoms with Gasteiger partial charge in [-0.2, -0.15) is 0 Å². The molecule has 2 rings (SSSR count). The number of aryl methyl sites for hydroxylation is 2. The Balaban J connectivity index is 2.29. The van der Waals surface area contributed by atoms with Crippen LogP contribution in [0.4, 0.5) is 5.13 Å². The van der Waals surface area contributed by atoms with Crippen LogP contribution in [-0.2, 0) is 12.8 Å². The van der Waals surface area contributed by atoms with E-state index in [1.54, 1.807) is 0 Å². The summed E-state index contributed by atoms with van der Waals surface area (Å²) in [5, 5.41) is 2.59. The molecule has 3 heteroatoms. The van der Waals surface area contributed by atoms with Gasteiger partial charge in [0.05, 0.1) is 5.69 Å². The second kappa shape index (κ2) is 5.83. The van der Waals surface area contributed by atoms with E-state index in [-0.39, 0.29) is 0 Å². The van der Waals surface area contributed by atoms with Gasteiger partial charge in [-0.1, -0.05) is 38.1 Å². The number of nitrogens with two attached hydrogens (primary N) is 1. The molecule has 0 unspecified atom stereocenters. The highest BCUT2D eigenvalue weighted by Gasteiger charge is 2.00. The van der Waals surface area contributed by atoms with Crippen LogP contribution < -0.4 is 5.73 Å². The number of hydrogen-bond donors (Lipinski definition) is 1. The van der Waals surface area contributed by atoms with E-state index >= 15 is 0 Å². The molecule has 18 heavy (non-hydrogen) atoms. The van der Waals surface area contributed by atoms with Gasteiger partial charge in [-0.3, -0.25) is 0 Å². The van der Waals surface area contributed by atoms with Crippen LogP contribution in [0.5, 0.6) is 0 Å². The molecule has 0 radical (unpaired) electrons. The maximum Gasteiger partial charge on any atom is 0.180 e. The average Bonchev–Trinajstić information content (AvgIpc) is 2.81. The van der Waals surface area contributed by atoms with Crippen molar-refractivity contribution in [3.63, 3.8) is 0 Å². The summed E-state index contributed by atoms with van der Waals surface area (Å²) >= 11 is 1.47. The van der Waals surface area contributed by atoms with E-state index < -0.39 is 0 Å². The molecule has 2 nitrogen and oxygen atoms in total. The topological polar surface area (TPSA) is 38.9 Å². The summed E-state index contributed by atoms with van der Waals surface area (Å²) < 4.78 is 0. The Morgan fingerprint density at radius 3 is 2.67 bits per heavy atom. The fraction of sp³-hybridized carbons (Fsp3) is 0.267. The molecule has 0 amide bonds. The van der Waals surface area contributed by atoms with Crippen molar-refractivity contribution in [2.24, 2.45) is 0 Å². The molecular formula is C15H18N2S. The fourth-order valence-corrected chi connectivity index (χ4v) is 2.42. The minimum atomic E-state index is 0.618. The number of anilines is 1. The molecule has 1 aromatic heterocycles. The normalized spacial score (nSPS) is 11.2. The molecule has 2 N–H and O–H groups in total. The van der Waals surface area contributed by atoms with Gasteiger partial charge < -0.3 is 5.73 Å². The molecule has 0 saturated heterocycles. The van der Waals surface area contributed by atoms with Crippen molar-refractivity contribution < 1.29 is 0 Å².